The molecule has 0 aromatic carbocycles. The Bertz CT molecular complexity index is 396. The molecule has 4 atom stereocenters. The van der Waals surface area contributed by atoms with Crippen molar-refractivity contribution in [3.05, 3.63) is 12.3 Å². The predicted octanol–water partition coefficient (Wildman–Crippen LogP) is 4.70. The van der Waals surface area contributed by atoms with Gasteiger partial charge in [-0.3, -0.25) is 5.41 Å². The third-order valence-electron chi connectivity index (χ3n) is 5.23. The molecule has 0 aromatic rings. The molecule has 3 unspecified atom stereocenters. The van der Waals surface area contributed by atoms with Crippen LogP contribution in [-0.4, -0.2) is 35.8 Å². The number of amidine groups is 1. The fourth-order valence-corrected chi connectivity index (χ4v) is 3.93. The van der Waals surface area contributed by atoms with Gasteiger partial charge in [0.15, 0.2) is 0 Å². The van der Waals surface area contributed by atoms with Crippen molar-refractivity contribution in [2.45, 2.75) is 90.6 Å². The van der Waals surface area contributed by atoms with E-state index < -0.39 is 0 Å². The van der Waals surface area contributed by atoms with Crippen LogP contribution in [0, 0.1) is 11.3 Å². The lowest BCUT2D eigenvalue weighted by molar-refractivity contribution is -0.0700. The summed E-state index contributed by atoms with van der Waals surface area (Å²) in [6.45, 7) is 10.7. The van der Waals surface area contributed by atoms with Gasteiger partial charge in [0.05, 0.1) is 24.7 Å². The van der Waals surface area contributed by atoms with Crippen LogP contribution in [0.3, 0.4) is 0 Å². The van der Waals surface area contributed by atoms with Gasteiger partial charge >= 0.3 is 0 Å². The quantitative estimate of drug-likeness (QED) is 0.438. The van der Waals surface area contributed by atoms with Crippen LogP contribution in [0.25, 0.3) is 0 Å². The summed E-state index contributed by atoms with van der Waals surface area (Å²) in [5.41, 5.74) is 0.874. The molecule has 23 heavy (non-hydrogen) atoms. The molecule has 2 aliphatic rings. The lowest BCUT2D eigenvalue weighted by Crippen LogP contribution is -2.37. The van der Waals surface area contributed by atoms with E-state index in [1.807, 2.05) is 11.8 Å². The molecule has 4 heteroatoms. The highest BCUT2D eigenvalue weighted by molar-refractivity contribution is 5.78. The Kier molecular flexibility index (Phi) is 7.09. The van der Waals surface area contributed by atoms with Crippen molar-refractivity contribution < 1.29 is 9.47 Å². The molecule has 2 rings (SSSR count). The van der Waals surface area contributed by atoms with Crippen molar-refractivity contribution in [3.8, 4) is 0 Å². The smallest absolute Gasteiger partial charge is 0.135 e. The molecule has 0 bridgehead atoms. The molecule has 0 amide bonds. The minimum absolute atomic E-state index is 0.0453. The van der Waals surface area contributed by atoms with Crippen LogP contribution in [0.1, 0.15) is 72.1 Å². The van der Waals surface area contributed by atoms with E-state index in [-0.39, 0.29) is 12.3 Å². The molecule has 1 aliphatic heterocycles. The number of nitrogens with one attached hydrogen (secondary N) is 1. The van der Waals surface area contributed by atoms with E-state index in [1.165, 1.54) is 38.5 Å². The SMILES string of the molecule is C=C(C)N(C(C)=N)[C@H]1CCC(COC2CCCCC(CC)C2)O1. The number of nitrogens with zero attached hydrogens (tertiary/aromatic N) is 1. The van der Waals surface area contributed by atoms with E-state index in [0.29, 0.717) is 18.5 Å². The molecule has 1 N–H and O–H groups in total. The highest BCUT2D eigenvalue weighted by Gasteiger charge is 2.31. The first-order valence-electron chi connectivity index (χ1n) is 9.28. The van der Waals surface area contributed by atoms with Crippen molar-refractivity contribution in [1.82, 2.24) is 4.90 Å². The van der Waals surface area contributed by atoms with Gasteiger partial charge in [-0.1, -0.05) is 39.2 Å². The van der Waals surface area contributed by atoms with Gasteiger partial charge in [-0.15, -0.1) is 0 Å². The summed E-state index contributed by atoms with van der Waals surface area (Å²) in [5, 5.41) is 7.90. The topological polar surface area (TPSA) is 45.6 Å². The maximum Gasteiger partial charge on any atom is 0.135 e. The number of hydrogen-bond acceptors (Lipinski definition) is 3. The highest BCUT2D eigenvalue weighted by atomic mass is 16.6. The van der Waals surface area contributed by atoms with Gasteiger partial charge in [0.25, 0.3) is 0 Å². The van der Waals surface area contributed by atoms with Crippen LogP contribution < -0.4 is 0 Å². The average Bonchev–Trinajstić information content (AvgIpc) is 2.81. The Labute approximate surface area is 141 Å². The first-order chi connectivity index (χ1) is 11.0. The molecule has 2 fully saturated rings. The Morgan fingerprint density at radius 3 is 2.61 bits per heavy atom. The molecule has 0 radical (unpaired) electrons. The van der Waals surface area contributed by atoms with Crippen LogP contribution >= 0.6 is 0 Å². The van der Waals surface area contributed by atoms with Gasteiger partial charge in [0, 0.05) is 5.70 Å². The van der Waals surface area contributed by atoms with Crippen LogP contribution in [0.5, 0.6) is 0 Å². The molecule has 0 spiro atoms. The number of allylic oxidation sites excluding steroid dienone is 1. The van der Waals surface area contributed by atoms with Crippen LogP contribution in [-0.2, 0) is 9.47 Å². The molecule has 1 aliphatic carbocycles. The van der Waals surface area contributed by atoms with Crippen molar-refractivity contribution >= 4 is 5.84 Å². The molecule has 1 saturated heterocycles. The van der Waals surface area contributed by atoms with Crippen molar-refractivity contribution in [2.75, 3.05) is 6.61 Å². The second kappa shape index (κ2) is 8.84. The maximum absolute atomic E-state index is 7.90. The van der Waals surface area contributed by atoms with Crippen molar-refractivity contribution in [3.63, 3.8) is 0 Å². The molecular weight excluding hydrogens is 288 g/mol. The van der Waals surface area contributed by atoms with Gasteiger partial charge in [0.1, 0.15) is 6.23 Å². The molecular formula is C19H34N2O2. The summed E-state index contributed by atoms with van der Waals surface area (Å²) in [7, 11) is 0. The lowest BCUT2D eigenvalue weighted by atomic mass is 9.97. The minimum Gasteiger partial charge on any atom is -0.376 e. The minimum atomic E-state index is -0.0453. The van der Waals surface area contributed by atoms with Crippen LogP contribution in [0.15, 0.2) is 12.3 Å². The van der Waals surface area contributed by atoms with Gasteiger partial charge in [-0.2, -0.15) is 0 Å². The largest absolute Gasteiger partial charge is 0.376 e. The zero-order chi connectivity index (χ0) is 16.8. The van der Waals surface area contributed by atoms with Gasteiger partial charge in [-0.05, 0) is 45.4 Å². The normalized spacial score (nSPS) is 31.6. The molecule has 1 heterocycles. The van der Waals surface area contributed by atoms with E-state index in [4.69, 9.17) is 14.9 Å². The van der Waals surface area contributed by atoms with E-state index in [9.17, 15) is 0 Å². The summed E-state index contributed by atoms with van der Waals surface area (Å²) < 4.78 is 12.3. The first-order valence-corrected chi connectivity index (χ1v) is 9.28. The third kappa shape index (κ3) is 5.32. The van der Waals surface area contributed by atoms with E-state index in [2.05, 4.69) is 13.5 Å². The Balaban J connectivity index is 1.79. The summed E-state index contributed by atoms with van der Waals surface area (Å²) >= 11 is 0. The average molecular weight is 322 g/mol. The zero-order valence-corrected chi connectivity index (χ0v) is 15.1. The van der Waals surface area contributed by atoms with Crippen LogP contribution in [0.2, 0.25) is 0 Å². The summed E-state index contributed by atoms with van der Waals surface area (Å²) in [6.07, 6.45) is 10.2. The second-order valence-corrected chi connectivity index (χ2v) is 7.23. The summed E-state index contributed by atoms with van der Waals surface area (Å²) in [4.78, 5) is 1.89. The second-order valence-electron chi connectivity index (χ2n) is 7.23. The predicted molar refractivity (Wildman–Crippen MR) is 94.6 cm³/mol. The van der Waals surface area contributed by atoms with Gasteiger partial charge in [0.2, 0.25) is 0 Å². The van der Waals surface area contributed by atoms with Crippen molar-refractivity contribution in [1.29, 1.82) is 5.41 Å². The van der Waals surface area contributed by atoms with E-state index in [0.717, 1.165) is 24.5 Å². The van der Waals surface area contributed by atoms with E-state index in [1.54, 1.807) is 6.92 Å². The maximum atomic E-state index is 7.90. The fourth-order valence-electron chi connectivity index (χ4n) is 3.93. The first kappa shape index (κ1) is 18.5. The standard InChI is InChI=1S/C19H34N2O2/c1-5-16-8-6-7-9-17(12-16)22-13-18-10-11-19(23-18)21(14(2)3)15(4)20/h16-20H,2,5-13H2,1,3-4H3/t16?,17?,18?,19-/m1/s1. The number of hydrogen-bond donors (Lipinski definition) is 1. The fraction of sp³-hybridized carbons (Fsp3) is 0.842. The Hall–Kier alpha value is -0.870. The molecule has 132 valence electrons. The number of ether oxygens (including phenoxy) is 2. The third-order valence-corrected chi connectivity index (χ3v) is 5.23. The van der Waals surface area contributed by atoms with Crippen LogP contribution in [0.4, 0.5) is 0 Å². The lowest BCUT2D eigenvalue weighted by Gasteiger charge is -2.30. The summed E-state index contributed by atoms with van der Waals surface area (Å²) in [6, 6.07) is 0. The zero-order valence-electron chi connectivity index (χ0n) is 15.1. The Morgan fingerprint density at radius 1 is 1.22 bits per heavy atom. The molecule has 1 saturated carbocycles. The summed E-state index contributed by atoms with van der Waals surface area (Å²) in [5.74, 6) is 1.33. The Morgan fingerprint density at radius 2 is 1.96 bits per heavy atom. The highest BCUT2D eigenvalue weighted by Crippen LogP contribution is 2.29. The van der Waals surface area contributed by atoms with Crippen molar-refractivity contribution in [2.24, 2.45) is 5.92 Å². The molecule has 4 nitrogen and oxygen atoms in total. The monoisotopic (exact) mass is 322 g/mol. The van der Waals surface area contributed by atoms with E-state index >= 15 is 0 Å². The van der Waals surface area contributed by atoms with Gasteiger partial charge < -0.3 is 14.4 Å². The number of rotatable bonds is 6. The molecule has 0 aromatic heterocycles. The van der Waals surface area contributed by atoms with Gasteiger partial charge in [-0.25, -0.2) is 0 Å².